The molecule has 1 amide bonds. The monoisotopic (exact) mass is 304 g/mol. The van der Waals surface area contributed by atoms with Crippen LogP contribution in [0.1, 0.15) is 34.1 Å². The van der Waals surface area contributed by atoms with Crippen LogP contribution in [0.25, 0.3) is 0 Å². The molecule has 2 rings (SSSR count). The number of rotatable bonds is 5. The number of carbonyl (C=O) groups is 1. The van der Waals surface area contributed by atoms with Crippen molar-refractivity contribution in [3.05, 3.63) is 24.3 Å². The number of benzene rings is 1. The zero-order valence-electron chi connectivity index (χ0n) is 14.2. The Morgan fingerprint density at radius 2 is 1.64 bits per heavy atom. The maximum Gasteiger partial charge on any atom is 0.222 e. The molecule has 1 aliphatic rings. The Morgan fingerprint density at radius 1 is 1.05 bits per heavy atom. The number of carbonyl (C=O) groups excluding carboxylic acids is 1. The van der Waals surface area contributed by atoms with Crippen molar-refractivity contribution in [1.29, 1.82) is 0 Å². The number of amides is 1. The number of hydrogen-bond donors (Lipinski definition) is 0. The third-order valence-electron chi connectivity index (χ3n) is 3.79. The molecular weight excluding hydrogens is 276 g/mol. The smallest absolute Gasteiger partial charge is 0.222 e. The highest BCUT2D eigenvalue weighted by atomic mass is 16.5. The van der Waals surface area contributed by atoms with Crippen LogP contribution in [-0.2, 0) is 4.79 Å². The molecule has 0 aliphatic carbocycles. The largest absolute Gasteiger partial charge is 0.491 e. The molecule has 0 bridgehead atoms. The van der Waals surface area contributed by atoms with Crippen molar-refractivity contribution in [1.82, 2.24) is 4.90 Å². The summed E-state index contributed by atoms with van der Waals surface area (Å²) < 4.78 is 5.67. The molecule has 0 spiro atoms. The Hall–Kier alpha value is -1.71. The van der Waals surface area contributed by atoms with Crippen LogP contribution < -0.4 is 9.64 Å². The molecule has 4 heteroatoms. The van der Waals surface area contributed by atoms with Gasteiger partial charge in [0.1, 0.15) is 5.75 Å². The second-order valence-corrected chi connectivity index (χ2v) is 6.63. The van der Waals surface area contributed by atoms with E-state index >= 15 is 0 Å². The van der Waals surface area contributed by atoms with E-state index in [0.717, 1.165) is 31.9 Å². The van der Waals surface area contributed by atoms with Crippen molar-refractivity contribution >= 4 is 11.6 Å². The Labute approximate surface area is 134 Å². The normalized spacial score (nSPS) is 15.5. The first-order valence-electron chi connectivity index (χ1n) is 8.25. The summed E-state index contributed by atoms with van der Waals surface area (Å²) in [6.07, 6.45) is 0.850. The number of nitrogens with zero attached hydrogens (tertiary/aromatic N) is 2. The van der Waals surface area contributed by atoms with Crippen LogP contribution in [0.2, 0.25) is 0 Å². The summed E-state index contributed by atoms with van der Waals surface area (Å²) >= 11 is 0. The van der Waals surface area contributed by atoms with Gasteiger partial charge in [-0.15, -0.1) is 0 Å². The molecule has 0 radical (unpaired) electrons. The predicted octanol–water partition coefficient (Wildman–Crippen LogP) is 3.17. The number of anilines is 1. The van der Waals surface area contributed by atoms with Crippen LogP contribution in [-0.4, -0.2) is 43.1 Å². The molecule has 0 saturated carbocycles. The van der Waals surface area contributed by atoms with Gasteiger partial charge in [-0.05, 0) is 44.0 Å². The van der Waals surface area contributed by atoms with Gasteiger partial charge in [-0.25, -0.2) is 0 Å². The third kappa shape index (κ3) is 4.65. The average molecular weight is 304 g/mol. The molecule has 0 unspecified atom stereocenters. The number of piperazine rings is 1. The molecular formula is C18H28N2O2. The molecule has 1 saturated heterocycles. The van der Waals surface area contributed by atoms with Crippen LogP contribution in [0, 0.1) is 5.92 Å². The lowest BCUT2D eigenvalue weighted by Crippen LogP contribution is -2.49. The topological polar surface area (TPSA) is 32.8 Å². The van der Waals surface area contributed by atoms with Crippen molar-refractivity contribution in [2.24, 2.45) is 5.92 Å². The maximum absolute atomic E-state index is 12.1. The van der Waals surface area contributed by atoms with E-state index < -0.39 is 0 Å². The van der Waals surface area contributed by atoms with Crippen molar-refractivity contribution in [3.8, 4) is 5.75 Å². The molecule has 22 heavy (non-hydrogen) atoms. The number of hydrogen-bond acceptors (Lipinski definition) is 3. The van der Waals surface area contributed by atoms with E-state index in [-0.39, 0.29) is 12.0 Å². The standard InChI is InChI=1S/C18H28N2O2/c1-14(2)13-18(21)20-11-9-19(10-12-20)16-5-7-17(8-6-16)22-15(3)4/h5-8,14-15H,9-13H2,1-4H3. The van der Waals surface area contributed by atoms with Crippen molar-refractivity contribution in [2.75, 3.05) is 31.1 Å². The molecule has 1 heterocycles. The number of ether oxygens (including phenoxy) is 1. The molecule has 0 aromatic heterocycles. The molecule has 1 aliphatic heterocycles. The molecule has 1 aromatic rings. The summed E-state index contributed by atoms with van der Waals surface area (Å²) in [7, 11) is 0. The Balaban J connectivity index is 1.87. The van der Waals surface area contributed by atoms with Crippen LogP contribution in [0.15, 0.2) is 24.3 Å². The van der Waals surface area contributed by atoms with Gasteiger partial charge >= 0.3 is 0 Å². The fourth-order valence-electron chi connectivity index (χ4n) is 2.70. The van der Waals surface area contributed by atoms with Gasteiger partial charge in [0.25, 0.3) is 0 Å². The molecule has 1 aromatic carbocycles. The molecule has 122 valence electrons. The van der Waals surface area contributed by atoms with E-state index in [1.807, 2.05) is 30.9 Å². The van der Waals surface area contributed by atoms with E-state index in [1.165, 1.54) is 5.69 Å². The molecule has 0 atom stereocenters. The highest BCUT2D eigenvalue weighted by Gasteiger charge is 2.21. The summed E-state index contributed by atoms with van der Waals surface area (Å²) in [4.78, 5) is 16.4. The Bertz CT molecular complexity index is 474. The van der Waals surface area contributed by atoms with Gasteiger partial charge < -0.3 is 14.5 Å². The lowest BCUT2D eigenvalue weighted by atomic mass is 10.1. The summed E-state index contributed by atoms with van der Waals surface area (Å²) in [5.41, 5.74) is 1.20. The highest BCUT2D eigenvalue weighted by Crippen LogP contribution is 2.21. The van der Waals surface area contributed by atoms with E-state index in [2.05, 4.69) is 30.9 Å². The van der Waals surface area contributed by atoms with Crippen LogP contribution in [0.5, 0.6) is 5.75 Å². The minimum Gasteiger partial charge on any atom is -0.491 e. The van der Waals surface area contributed by atoms with Crippen molar-refractivity contribution in [3.63, 3.8) is 0 Å². The van der Waals surface area contributed by atoms with Gasteiger partial charge in [-0.1, -0.05) is 13.8 Å². The van der Waals surface area contributed by atoms with Gasteiger partial charge in [0.2, 0.25) is 5.91 Å². The van der Waals surface area contributed by atoms with Gasteiger partial charge in [-0.3, -0.25) is 4.79 Å². The average Bonchev–Trinajstić information content (AvgIpc) is 2.47. The second kappa shape index (κ2) is 7.52. The zero-order chi connectivity index (χ0) is 16.1. The lowest BCUT2D eigenvalue weighted by molar-refractivity contribution is -0.132. The molecule has 0 N–H and O–H groups in total. The second-order valence-electron chi connectivity index (χ2n) is 6.63. The van der Waals surface area contributed by atoms with Crippen LogP contribution in [0.4, 0.5) is 5.69 Å². The summed E-state index contributed by atoms with van der Waals surface area (Å²) in [5.74, 6) is 1.62. The first kappa shape index (κ1) is 16.7. The minimum absolute atomic E-state index is 0.196. The van der Waals surface area contributed by atoms with Gasteiger partial charge in [-0.2, -0.15) is 0 Å². The first-order chi connectivity index (χ1) is 10.5. The van der Waals surface area contributed by atoms with Gasteiger partial charge in [0.05, 0.1) is 6.10 Å². The quantitative estimate of drug-likeness (QED) is 0.837. The predicted molar refractivity (Wildman–Crippen MR) is 90.5 cm³/mol. The van der Waals surface area contributed by atoms with Crippen LogP contribution >= 0.6 is 0 Å². The first-order valence-corrected chi connectivity index (χ1v) is 8.25. The summed E-state index contributed by atoms with van der Waals surface area (Å²) in [5, 5.41) is 0. The van der Waals surface area contributed by atoms with Crippen molar-refractivity contribution < 1.29 is 9.53 Å². The Morgan fingerprint density at radius 3 is 2.14 bits per heavy atom. The molecule has 4 nitrogen and oxygen atoms in total. The van der Waals surface area contributed by atoms with Gasteiger partial charge in [0.15, 0.2) is 0 Å². The van der Waals surface area contributed by atoms with Crippen molar-refractivity contribution in [2.45, 2.75) is 40.2 Å². The van der Waals surface area contributed by atoms with Crippen LogP contribution in [0.3, 0.4) is 0 Å². The lowest BCUT2D eigenvalue weighted by Gasteiger charge is -2.36. The van der Waals surface area contributed by atoms with E-state index in [0.29, 0.717) is 12.3 Å². The van der Waals surface area contributed by atoms with E-state index in [9.17, 15) is 4.79 Å². The Kier molecular flexibility index (Phi) is 5.69. The SMILES string of the molecule is CC(C)CC(=O)N1CCN(c2ccc(OC(C)C)cc2)CC1. The van der Waals surface area contributed by atoms with E-state index in [4.69, 9.17) is 4.74 Å². The summed E-state index contributed by atoms with van der Waals surface area (Å²) in [6, 6.07) is 8.24. The minimum atomic E-state index is 0.196. The van der Waals surface area contributed by atoms with Gasteiger partial charge in [0, 0.05) is 38.3 Å². The highest BCUT2D eigenvalue weighted by molar-refractivity contribution is 5.76. The summed E-state index contributed by atoms with van der Waals surface area (Å²) in [6.45, 7) is 11.7. The third-order valence-corrected chi connectivity index (χ3v) is 3.79. The fraction of sp³-hybridized carbons (Fsp3) is 0.611. The maximum atomic E-state index is 12.1. The fourth-order valence-corrected chi connectivity index (χ4v) is 2.70. The zero-order valence-corrected chi connectivity index (χ0v) is 14.2. The van der Waals surface area contributed by atoms with E-state index in [1.54, 1.807) is 0 Å². The molecule has 1 fully saturated rings.